The monoisotopic (exact) mass is 235 g/mol. The van der Waals surface area contributed by atoms with Crippen molar-refractivity contribution in [3.05, 3.63) is 29.8 Å². The highest BCUT2D eigenvalue weighted by Gasteiger charge is 2.26. The Morgan fingerprint density at radius 1 is 1.47 bits per heavy atom. The van der Waals surface area contributed by atoms with Crippen LogP contribution in [-0.4, -0.2) is 24.5 Å². The Kier molecular flexibility index (Phi) is 3.24. The average Bonchev–Trinajstić information content (AvgIpc) is 2.68. The van der Waals surface area contributed by atoms with E-state index in [9.17, 15) is 9.59 Å². The van der Waals surface area contributed by atoms with Crippen LogP contribution in [0.4, 0.5) is 5.69 Å². The third-order valence-corrected chi connectivity index (χ3v) is 2.42. The molecule has 0 radical (unpaired) electrons. The fourth-order valence-electron chi connectivity index (χ4n) is 1.52. The molecule has 1 saturated heterocycles. The van der Waals surface area contributed by atoms with Crippen molar-refractivity contribution in [2.45, 2.75) is 12.5 Å². The predicted octanol–water partition coefficient (Wildman–Crippen LogP) is -0.643. The second kappa shape index (κ2) is 4.84. The van der Waals surface area contributed by atoms with Crippen LogP contribution < -0.4 is 16.5 Å². The van der Waals surface area contributed by atoms with Gasteiger partial charge in [-0.05, 0) is 17.7 Å². The number of benzene rings is 1. The van der Waals surface area contributed by atoms with Gasteiger partial charge < -0.3 is 11.1 Å². The maximum absolute atomic E-state index is 11.6. The van der Waals surface area contributed by atoms with Crippen molar-refractivity contribution < 1.29 is 14.4 Å². The Bertz CT molecular complexity index is 430. The zero-order valence-corrected chi connectivity index (χ0v) is 9.10. The van der Waals surface area contributed by atoms with Gasteiger partial charge in [0.1, 0.15) is 12.6 Å². The number of amides is 2. The summed E-state index contributed by atoms with van der Waals surface area (Å²) in [7, 11) is 0. The van der Waals surface area contributed by atoms with Crippen molar-refractivity contribution in [2.75, 3.05) is 12.3 Å². The molecule has 0 aromatic heterocycles. The standard InChI is InChI=1S/C11H13N3O3/c12-8-3-1-7(2-4-8)5-10(15)13-9-6-17-14-11(9)16/h1-4,9H,5-6,12H2,(H,13,15)(H,14,16)/t9-/m1/s1. The van der Waals surface area contributed by atoms with Gasteiger partial charge >= 0.3 is 0 Å². The molecule has 1 aromatic carbocycles. The van der Waals surface area contributed by atoms with Gasteiger partial charge in [-0.2, -0.15) is 0 Å². The molecule has 0 aliphatic carbocycles. The minimum Gasteiger partial charge on any atom is -0.399 e. The molecule has 1 aliphatic heterocycles. The lowest BCUT2D eigenvalue weighted by Crippen LogP contribution is -2.42. The minimum absolute atomic E-state index is 0.159. The summed E-state index contributed by atoms with van der Waals surface area (Å²) in [5.74, 6) is -0.545. The third-order valence-electron chi connectivity index (χ3n) is 2.42. The lowest BCUT2D eigenvalue weighted by atomic mass is 10.1. The van der Waals surface area contributed by atoms with E-state index in [1.54, 1.807) is 24.3 Å². The molecule has 1 heterocycles. The van der Waals surface area contributed by atoms with Crippen molar-refractivity contribution in [1.29, 1.82) is 0 Å². The van der Waals surface area contributed by atoms with Gasteiger partial charge in [-0.1, -0.05) is 12.1 Å². The first-order valence-electron chi connectivity index (χ1n) is 5.20. The molecule has 1 aromatic rings. The molecule has 1 aliphatic rings. The van der Waals surface area contributed by atoms with Gasteiger partial charge in [0.15, 0.2) is 0 Å². The van der Waals surface area contributed by atoms with E-state index in [4.69, 9.17) is 10.6 Å². The van der Waals surface area contributed by atoms with Gasteiger partial charge in [0.05, 0.1) is 6.42 Å². The van der Waals surface area contributed by atoms with E-state index in [1.807, 2.05) is 0 Å². The van der Waals surface area contributed by atoms with E-state index in [2.05, 4.69) is 10.8 Å². The normalized spacial score (nSPS) is 18.8. The summed E-state index contributed by atoms with van der Waals surface area (Å²) in [6.07, 6.45) is 0.212. The van der Waals surface area contributed by atoms with Crippen LogP contribution in [0.15, 0.2) is 24.3 Å². The molecule has 17 heavy (non-hydrogen) atoms. The third kappa shape index (κ3) is 2.94. The quantitative estimate of drug-likeness (QED) is 0.607. The topological polar surface area (TPSA) is 93.5 Å². The van der Waals surface area contributed by atoms with Crippen LogP contribution in [0, 0.1) is 0 Å². The van der Waals surface area contributed by atoms with Gasteiger partial charge in [-0.15, -0.1) is 0 Å². The Morgan fingerprint density at radius 3 is 2.76 bits per heavy atom. The van der Waals surface area contributed by atoms with Gasteiger partial charge in [0.2, 0.25) is 5.91 Å². The SMILES string of the molecule is Nc1ccc(CC(=O)N[C@@H]2CONC2=O)cc1. The summed E-state index contributed by atoms with van der Waals surface area (Å²) >= 11 is 0. The molecule has 0 bridgehead atoms. The summed E-state index contributed by atoms with van der Waals surface area (Å²) in [6.45, 7) is 0.159. The molecule has 0 unspecified atom stereocenters. The Labute approximate surface area is 98.1 Å². The van der Waals surface area contributed by atoms with Crippen LogP contribution in [0.1, 0.15) is 5.56 Å². The highest BCUT2D eigenvalue weighted by atomic mass is 16.7. The summed E-state index contributed by atoms with van der Waals surface area (Å²) in [5.41, 5.74) is 9.21. The Morgan fingerprint density at radius 2 is 2.18 bits per heavy atom. The first kappa shape index (κ1) is 11.4. The molecular weight excluding hydrogens is 222 g/mol. The van der Waals surface area contributed by atoms with Crippen molar-refractivity contribution in [3.8, 4) is 0 Å². The second-order valence-corrected chi connectivity index (χ2v) is 3.82. The fraction of sp³-hybridized carbons (Fsp3) is 0.273. The van der Waals surface area contributed by atoms with Gasteiger partial charge in [-0.3, -0.25) is 14.4 Å². The van der Waals surface area contributed by atoms with Crippen LogP contribution in [-0.2, 0) is 20.8 Å². The number of carbonyl (C=O) groups excluding carboxylic acids is 2. The first-order chi connectivity index (χ1) is 8.15. The number of hydroxylamine groups is 1. The largest absolute Gasteiger partial charge is 0.399 e. The number of nitrogens with one attached hydrogen (secondary N) is 2. The van der Waals surface area contributed by atoms with Crippen molar-refractivity contribution in [3.63, 3.8) is 0 Å². The summed E-state index contributed by atoms with van der Waals surface area (Å²) in [4.78, 5) is 27.5. The predicted molar refractivity (Wildman–Crippen MR) is 60.6 cm³/mol. The number of carbonyl (C=O) groups is 2. The van der Waals surface area contributed by atoms with Crippen LogP contribution in [0.25, 0.3) is 0 Å². The summed E-state index contributed by atoms with van der Waals surface area (Å²) < 4.78 is 0. The van der Waals surface area contributed by atoms with E-state index < -0.39 is 6.04 Å². The Hall–Kier alpha value is -2.08. The maximum Gasteiger partial charge on any atom is 0.268 e. The van der Waals surface area contributed by atoms with Crippen LogP contribution >= 0.6 is 0 Å². The molecule has 1 fully saturated rings. The van der Waals surface area contributed by atoms with Gasteiger partial charge in [0, 0.05) is 5.69 Å². The van der Waals surface area contributed by atoms with E-state index in [0.717, 1.165) is 5.56 Å². The fourth-order valence-corrected chi connectivity index (χ4v) is 1.52. The second-order valence-electron chi connectivity index (χ2n) is 3.82. The molecule has 0 spiro atoms. The first-order valence-corrected chi connectivity index (χ1v) is 5.20. The summed E-state index contributed by atoms with van der Waals surface area (Å²) in [5, 5.41) is 2.58. The lowest BCUT2D eigenvalue weighted by Gasteiger charge is -2.08. The molecule has 6 nitrogen and oxygen atoms in total. The van der Waals surface area contributed by atoms with Gasteiger partial charge in [0.25, 0.3) is 5.91 Å². The molecule has 4 N–H and O–H groups in total. The number of nitrogens with two attached hydrogens (primary N) is 1. The van der Waals surface area contributed by atoms with E-state index >= 15 is 0 Å². The number of anilines is 1. The molecule has 6 heteroatoms. The molecule has 1 atom stereocenters. The van der Waals surface area contributed by atoms with Crippen molar-refractivity contribution in [2.24, 2.45) is 0 Å². The van der Waals surface area contributed by atoms with Crippen molar-refractivity contribution >= 4 is 17.5 Å². The Balaban J connectivity index is 1.88. The van der Waals surface area contributed by atoms with Crippen molar-refractivity contribution in [1.82, 2.24) is 10.8 Å². The number of nitrogen functional groups attached to an aromatic ring is 1. The minimum atomic E-state index is -0.601. The van der Waals surface area contributed by atoms with E-state index in [1.165, 1.54) is 0 Å². The lowest BCUT2D eigenvalue weighted by molar-refractivity contribution is -0.128. The summed E-state index contributed by atoms with van der Waals surface area (Å²) in [6, 6.07) is 6.42. The zero-order chi connectivity index (χ0) is 12.3. The number of rotatable bonds is 3. The smallest absolute Gasteiger partial charge is 0.268 e. The van der Waals surface area contributed by atoms with E-state index in [-0.39, 0.29) is 24.8 Å². The van der Waals surface area contributed by atoms with Gasteiger partial charge in [-0.25, -0.2) is 5.48 Å². The maximum atomic E-state index is 11.6. The molecule has 2 rings (SSSR count). The number of hydrogen-bond donors (Lipinski definition) is 3. The molecule has 90 valence electrons. The zero-order valence-electron chi connectivity index (χ0n) is 9.10. The molecule has 2 amide bonds. The highest BCUT2D eigenvalue weighted by Crippen LogP contribution is 2.06. The van der Waals surface area contributed by atoms with E-state index in [0.29, 0.717) is 5.69 Å². The molecule has 0 saturated carbocycles. The highest BCUT2D eigenvalue weighted by molar-refractivity contribution is 5.88. The van der Waals surface area contributed by atoms with Crippen LogP contribution in [0.3, 0.4) is 0 Å². The average molecular weight is 235 g/mol. The number of hydrogen-bond acceptors (Lipinski definition) is 4. The van der Waals surface area contributed by atoms with Crippen LogP contribution in [0.2, 0.25) is 0 Å². The van der Waals surface area contributed by atoms with Crippen LogP contribution in [0.5, 0.6) is 0 Å². The molecular formula is C11H13N3O3.